The van der Waals surface area contributed by atoms with E-state index >= 15 is 0 Å². The van der Waals surface area contributed by atoms with Crippen LogP contribution in [0.1, 0.15) is 46.5 Å². The van der Waals surface area contributed by atoms with Crippen molar-refractivity contribution in [3.05, 3.63) is 17.4 Å². The summed E-state index contributed by atoms with van der Waals surface area (Å²) in [6.07, 6.45) is 6.68. The van der Waals surface area contributed by atoms with Crippen LogP contribution in [0.15, 0.2) is 12.3 Å². The number of nitrogens with zero attached hydrogens (tertiary/aromatic N) is 1. The molecule has 112 valence electrons. The monoisotopic (exact) mass is 296 g/mol. The number of methoxy groups -OCH3 is 1. The molecule has 1 fully saturated rings. The molecular weight excluding hydrogens is 272 g/mol. The molecule has 1 aromatic heterocycles. The van der Waals surface area contributed by atoms with Crippen LogP contribution in [-0.4, -0.2) is 18.1 Å². The van der Waals surface area contributed by atoms with Gasteiger partial charge in [-0.2, -0.15) is 0 Å². The second-order valence-electron chi connectivity index (χ2n) is 6.74. The third kappa shape index (κ3) is 3.57. The first-order valence-electron chi connectivity index (χ1n) is 7.37. The molecule has 1 saturated carbocycles. The minimum Gasteiger partial charge on any atom is -0.491 e. The summed E-state index contributed by atoms with van der Waals surface area (Å²) < 4.78 is 5.34. The van der Waals surface area contributed by atoms with Crippen LogP contribution in [-0.2, 0) is 0 Å². The van der Waals surface area contributed by atoms with Gasteiger partial charge < -0.3 is 10.1 Å². The van der Waals surface area contributed by atoms with E-state index in [4.69, 9.17) is 16.3 Å². The molecule has 0 saturated heterocycles. The van der Waals surface area contributed by atoms with E-state index in [9.17, 15) is 0 Å². The molecule has 20 heavy (non-hydrogen) atoms. The van der Waals surface area contributed by atoms with Crippen LogP contribution in [0.4, 0.5) is 5.69 Å². The highest BCUT2D eigenvalue weighted by Gasteiger charge is 2.29. The second kappa shape index (κ2) is 6.21. The van der Waals surface area contributed by atoms with E-state index in [0.717, 1.165) is 11.6 Å². The second-order valence-corrected chi connectivity index (χ2v) is 7.10. The third-order valence-corrected chi connectivity index (χ3v) is 4.65. The Morgan fingerprint density at radius 3 is 2.45 bits per heavy atom. The summed E-state index contributed by atoms with van der Waals surface area (Å²) >= 11 is 6.05. The highest BCUT2D eigenvalue weighted by Crippen LogP contribution is 2.39. The summed E-state index contributed by atoms with van der Waals surface area (Å²) in [7, 11) is 1.63. The Kier molecular flexibility index (Phi) is 4.79. The molecule has 1 aliphatic carbocycles. The fourth-order valence-electron chi connectivity index (χ4n) is 3.05. The number of halogens is 1. The Bertz CT molecular complexity index is 448. The molecule has 0 radical (unpaired) electrons. The Morgan fingerprint density at radius 1 is 1.25 bits per heavy atom. The highest BCUT2D eigenvalue weighted by molar-refractivity contribution is 6.31. The number of anilines is 1. The largest absolute Gasteiger partial charge is 0.491 e. The number of hydrogen-bond donors (Lipinski definition) is 1. The maximum atomic E-state index is 6.05. The average Bonchev–Trinajstić information content (AvgIpc) is 2.38. The SMILES string of the molecule is COc1c(NC2CCC(C(C)(C)C)CC2)ccnc1Cl. The number of hydrogen-bond acceptors (Lipinski definition) is 3. The molecule has 0 atom stereocenters. The number of nitrogens with one attached hydrogen (secondary N) is 1. The average molecular weight is 297 g/mol. The van der Waals surface area contributed by atoms with E-state index < -0.39 is 0 Å². The van der Waals surface area contributed by atoms with E-state index in [-0.39, 0.29) is 0 Å². The molecule has 0 aromatic carbocycles. The lowest BCUT2D eigenvalue weighted by Crippen LogP contribution is -2.31. The molecule has 1 heterocycles. The van der Waals surface area contributed by atoms with Gasteiger partial charge in [-0.15, -0.1) is 0 Å². The fraction of sp³-hybridized carbons (Fsp3) is 0.688. The predicted molar refractivity (Wildman–Crippen MR) is 84.6 cm³/mol. The maximum absolute atomic E-state index is 6.05. The Morgan fingerprint density at radius 2 is 1.90 bits per heavy atom. The summed E-state index contributed by atoms with van der Waals surface area (Å²) in [6.45, 7) is 7.03. The summed E-state index contributed by atoms with van der Waals surface area (Å²) in [6, 6.07) is 2.43. The smallest absolute Gasteiger partial charge is 0.179 e. The van der Waals surface area contributed by atoms with Gasteiger partial charge in [0.05, 0.1) is 12.8 Å². The van der Waals surface area contributed by atoms with Crippen LogP contribution >= 0.6 is 11.6 Å². The molecule has 1 aromatic rings. The third-order valence-electron chi connectivity index (χ3n) is 4.38. The van der Waals surface area contributed by atoms with Crippen molar-refractivity contribution >= 4 is 17.3 Å². The van der Waals surface area contributed by atoms with Gasteiger partial charge in [-0.05, 0) is 43.1 Å². The molecular formula is C16H25ClN2O. The Hall–Kier alpha value is -0.960. The molecule has 2 rings (SSSR count). The first-order valence-corrected chi connectivity index (χ1v) is 7.74. The van der Waals surface area contributed by atoms with Crippen molar-refractivity contribution in [3.63, 3.8) is 0 Å². The van der Waals surface area contributed by atoms with Gasteiger partial charge in [0.15, 0.2) is 10.9 Å². The highest BCUT2D eigenvalue weighted by atomic mass is 35.5. The zero-order valence-corrected chi connectivity index (χ0v) is 13.6. The molecule has 1 N–H and O–H groups in total. The number of rotatable bonds is 3. The van der Waals surface area contributed by atoms with Crippen LogP contribution in [0.25, 0.3) is 0 Å². The van der Waals surface area contributed by atoms with E-state index in [0.29, 0.717) is 22.4 Å². The zero-order chi connectivity index (χ0) is 14.8. The zero-order valence-electron chi connectivity index (χ0n) is 12.9. The van der Waals surface area contributed by atoms with Gasteiger partial charge in [0.1, 0.15) is 0 Å². The Labute approximate surface area is 127 Å². The molecule has 0 amide bonds. The first kappa shape index (κ1) is 15.4. The van der Waals surface area contributed by atoms with Crippen molar-refractivity contribution in [2.24, 2.45) is 11.3 Å². The van der Waals surface area contributed by atoms with Crippen molar-refractivity contribution in [3.8, 4) is 5.75 Å². The van der Waals surface area contributed by atoms with Crippen LogP contribution in [0, 0.1) is 11.3 Å². The van der Waals surface area contributed by atoms with Crippen molar-refractivity contribution in [1.82, 2.24) is 4.98 Å². The van der Waals surface area contributed by atoms with Gasteiger partial charge in [0, 0.05) is 12.2 Å². The molecule has 4 heteroatoms. The first-order chi connectivity index (χ1) is 9.41. The molecule has 1 aliphatic rings. The van der Waals surface area contributed by atoms with Crippen LogP contribution in [0.5, 0.6) is 5.75 Å². The maximum Gasteiger partial charge on any atom is 0.179 e. The van der Waals surface area contributed by atoms with E-state index in [1.807, 2.05) is 6.07 Å². The van der Waals surface area contributed by atoms with Gasteiger partial charge in [-0.3, -0.25) is 0 Å². The Balaban J connectivity index is 1.98. The quantitative estimate of drug-likeness (QED) is 0.817. The van der Waals surface area contributed by atoms with Gasteiger partial charge >= 0.3 is 0 Å². The van der Waals surface area contributed by atoms with Gasteiger partial charge in [0.25, 0.3) is 0 Å². The number of ether oxygens (including phenoxy) is 1. The van der Waals surface area contributed by atoms with E-state index in [2.05, 4.69) is 31.1 Å². The van der Waals surface area contributed by atoms with E-state index in [1.54, 1.807) is 13.3 Å². The fourth-order valence-corrected chi connectivity index (χ4v) is 3.29. The van der Waals surface area contributed by atoms with Gasteiger partial charge in [-0.25, -0.2) is 4.98 Å². The molecule has 0 bridgehead atoms. The lowest BCUT2D eigenvalue weighted by molar-refractivity contribution is 0.173. The van der Waals surface area contributed by atoms with Crippen LogP contribution in [0.3, 0.4) is 0 Å². The molecule has 3 nitrogen and oxygen atoms in total. The minimum atomic E-state index is 0.417. The van der Waals surface area contributed by atoms with Gasteiger partial charge in [-0.1, -0.05) is 32.4 Å². The summed E-state index contributed by atoms with van der Waals surface area (Å²) in [5.74, 6) is 1.47. The van der Waals surface area contributed by atoms with Crippen LogP contribution < -0.4 is 10.1 Å². The van der Waals surface area contributed by atoms with E-state index in [1.165, 1.54) is 25.7 Å². The lowest BCUT2D eigenvalue weighted by Gasteiger charge is -2.37. The minimum absolute atomic E-state index is 0.417. The standard InChI is InChI=1S/C16H25ClN2O/c1-16(2,3)11-5-7-12(8-6-11)19-13-9-10-18-15(17)14(13)20-4/h9-12H,5-8H2,1-4H3,(H,18,19). The molecule has 0 aliphatic heterocycles. The number of pyridine rings is 1. The number of aromatic nitrogens is 1. The van der Waals surface area contributed by atoms with Crippen molar-refractivity contribution < 1.29 is 4.74 Å². The lowest BCUT2D eigenvalue weighted by atomic mass is 9.71. The molecule has 0 spiro atoms. The van der Waals surface area contributed by atoms with Gasteiger partial charge in [0.2, 0.25) is 0 Å². The summed E-state index contributed by atoms with van der Waals surface area (Å²) in [5, 5.41) is 3.98. The predicted octanol–water partition coefficient (Wildman–Crippen LogP) is 4.76. The van der Waals surface area contributed by atoms with Crippen molar-refractivity contribution in [2.75, 3.05) is 12.4 Å². The summed E-state index contributed by atoms with van der Waals surface area (Å²) in [5.41, 5.74) is 1.37. The normalized spacial score (nSPS) is 23.4. The topological polar surface area (TPSA) is 34.1 Å². The van der Waals surface area contributed by atoms with Crippen molar-refractivity contribution in [1.29, 1.82) is 0 Å². The summed E-state index contributed by atoms with van der Waals surface area (Å²) in [4.78, 5) is 4.05. The van der Waals surface area contributed by atoms with Crippen LogP contribution in [0.2, 0.25) is 5.15 Å². The van der Waals surface area contributed by atoms with Crippen molar-refractivity contribution in [2.45, 2.75) is 52.5 Å². The molecule has 0 unspecified atom stereocenters.